The molecule has 0 spiro atoms. The van der Waals surface area contributed by atoms with Crippen molar-refractivity contribution in [3.63, 3.8) is 0 Å². The SMILES string of the molecule is C=Cc1cccc(C2=NCC(CN3CCOCC3)ON2)c1. The van der Waals surface area contributed by atoms with Crippen molar-refractivity contribution in [1.82, 2.24) is 10.4 Å². The minimum Gasteiger partial charge on any atom is -0.379 e. The van der Waals surface area contributed by atoms with E-state index in [1.165, 1.54) is 0 Å². The minimum absolute atomic E-state index is 0.0921. The molecule has 2 aliphatic heterocycles. The number of nitrogens with zero attached hydrogens (tertiary/aromatic N) is 2. The van der Waals surface area contributed by atoms with E-state index in [9.17, 15) is 0 Å². The molecule has 21 heavy (non-hydrogen) atoms. The topological polar surface area (TPSA) is 46.1 Å². The Bertz CT molecular complexity index is 524. The molecule has 112 valence electrons. The molecule has 1 N–H and O–H groups in total. The van der Waals surface area contributed by atoms with Gasteiger partial charge in [-0.15, -0.1) is 0 Å². The van der Waals surface area contributed by atoms with E-state index >= 15 is 0 Å². The molecule has 2 aliphatic rings. The monoisotopic (exact) mass is 287 g/mol. The number of amidine groups is 1. The maximum absolute atomic E-state index is 5.73. The fraction of sp³-hybridized carbons (Fsp3) is 0.438. The Balaban J connectivity index is 1.59. The van der Waals surface area contributed by atoms with Crippen molar-refractivity contribution >= 4 is 11.9 Å². The summed E-state index contributed by atoms with van der Waals surface area (Å²) in [5.74, 6) is 0.789. The van der Waals surface area contributed by atoms with Gasteiger partial charge in [-0.3, -0.25) is 14.7 Å². The Morgan fingerprint density at radius 3 is 2.95 bits per heavy atom. The number of hydrogen-bond acceptors (Lipinski definition) is 5. The predicted molar refractivity (Wildman–Crippen MR) is 83.2 cm³/mol. The van der Waals surface area contributed by atoms with Crippen LogP contribution in [0.2, 0.25) is 0 Å². The van der Waals surface area contributed by atoms with Crippen LogP contribution in [-0.2, 0) is 9.57 Å². The molecule has 0 amide bonds. The molecule has 0 bridgehead atoms. The fourth-order valence-electron chi connectivity index (χ4n) is 2.53. The normalized spacial score (nSPS) is 23.2. The molecule has 1 unspecified atom stereocenters. The number of hydroxylamine groups is 1. The van der Waals surface area contributed by atoms with Crippen LogP contribution in [0.15, 0.2) is 35.8 Å². The van der Waals surface area contributed by atoms with Gasteiger partial charge in [0.1, 0.15) is 6.10 Å². The highest BCUT2D eigenvalue weighted by Crippen LogP contribution is 2.11. The molecule has 0 aromatic heterocycles. The van der Waals surface area contributed by atoms with Crippen LogP contribution in [0.3, 0.4) is 0 Å². The van der Waals surface area contributed by atoms with E-state index in [0.717, 1.165) is 49.8 Å². The molecule has 1 aromatic carbocycles. The lowest BCUT2D eigenvalue weighted by atomic mass is 10.1. The molecule has 5 heteroatoms. The van der Waals surface area contributed by atoms with Crippen LogP contribution in [-0.4, -0.2) is 56.2 Å². The van der Waals surface area contributed by atoms with Gasteiger partial charge in [0.25, 0.3) is 0 Å². The van der Waals surface area contributed by atoms with E-state index in [-0.39, 0.29) is 6.10 Å². The molecular weight excluding hydrogens is 266 g/mol. The lowest BCUT2D eigenvalue weighted by molar-refractivity contribution is -0.0348. The van der Waals surface area contributed by atoms with Crippen LogP contribution in [0.1, 0.15) is 11.1 Å². The highest BCUT2D eigenvalue weighted by molar-refractivity contribution is 5.98. The zero-order chi connectivity index (χ0) is 14.5. The Hall–Kier alpha value is -1.69. The predicted octanol–water partition coefficient (Wildman–Crippen LogP) is 1.31. The molecule has 0 radical (unpaired) electrons. The lowest BCUT2D eigenvalue weighted by Gasteiger charge is -2.31. The minimum atomic E-state index is 0.0921. The summed E-state index contributed by atoms with van der Waals surface area (Å²) < 4.78 is 5.35. The average molecular weight is 287 g/mol. The molecule has 5 nitrogen and oxygen atoms in total. The third-order valence-electron chi connectivity index (χ3n) is 3.74. The van der Waals surface area contributed by atoms with E-state index in [1.807, 2.05) is 30.3 Å². The van der Waals surface area contributed by atoms with Crippen LogP contribution >= 0.6 is 0 Å². The maximum Gasteiger partial charge on any atom is 0.152 e. The van der Waals surface area contributed by atoms with Gasteiger partial charge in [-0.05, 0) is 11.6 Å². The molecule has 1 fully saturated rings. The Labute approximate surface area is 125 Å². The smallest absolute Gasteiger partial charge is 0.152 e. The second-order valence-corrected chi connectivity index (χ2v) is 5.27. The Kier molecular flexibility index (Phi) is 4.65. The summed E-state index contributed by atoms with van der Waals surface area (Å²) in [5, 5.41) is 0. The zero-order valence-electron chi connectivity index (χ0n) is 12.1. The van der Waals surface area contributed by atoms with E-state index in [0.29, 0.717) is 6.54 Å². The van der Waals surface area contributed by atoms with Gasteiger partial charge in [0, 0.05) is 25.2 Å². The van der Waals surface area contributed by atoms with E-state index in [1.54, 1.807) is 0 Å². The van der Waals surface area contributed by atoms with Crippen molar-refractivity contribution in [3.05, 3.63) is 42.0 Å². The van der Waals surface area contributed by atoms with Gasteiger partial charge >= 0.3 is 0 Å². The largest absolute Gasteiger partial charge is 0.379 e. The summed E-state index contributed by atoms with van der Waals surface area (Å²) in [6, 6.07) is 8.08. The molecule has 1 aromatic rings. The van der Waals surface area contributed by atoms with Crippen LogP contribution in [0, 0.1) is 0 Å². The second kappa shape index (κ2) is 6.85. The van der Waals surface area contributed by atoms with Crippen molar-refractivity contribution in [2.24, 2.45) is 4.99 Å². The van der Waals surface area contributed by atoms with E-state index in [2.05, 4.69) is 22.0 Å². The number of nitrogens with one attached hydrogen (secondary N) is 1. The molecule has 3 rings (SSSR count). The van der Waals surface area contributed by atoms with Crippen LogP contribution in [0.5, 0.6) is 0 Å². The first-order valence-corrected chi connectivity index (χ1v) is 7.34. The summed E-state index contributed by atoms with van der Waals surface area (Å²) in [6.45, 7) is 8.91. The number of rotatable bonds is 4. The van der Waals surface area contributed by atoms with Gasteiger partial charge in [-0.25, -0.2) is 5.48 Å². The van der Waals surface area contributed by atoms with E-state index in [4.69, 9.17) is 9.57 Å². The molecule has 2 heterocycles. The first-order valence-electron chi connectivity index (χ1n) is 7.34. The lowest BCUT2D eigenvalue weighted by Crippen LogP contribution is -2.47. The van der Waals surface area contributed by atoms with Gasteiger partial charge in [0.15, 0.2) is 5.84 Å². The molecule has 0 saturated carbocycles. The van der Waals surface area contributed by atoms with Gasteiger partial charge in [-0.1, -0.05) is 30.9 Å². The summed E-state index contributed by atoms with van der Waals surface area (Å²) in [5.41, 5.74) is 5.09. The number of benzene rings is 1. The number of morpholine rings is 1. The van der Waals surface area contributed by atoms with Gasteiger partial charge in [0.05, 0.1) is 19.8 Å². The quantitative estimate of drug-likeness (QED) is 0.907. The summed E-state index contributed by atoms with van der Waals surface area (Å²) in [4.78, 5) is 12.7. The Morgan fingerprint density at radius 1 is 1.38 bits per heavy atom. The summed E-state index contributed by atoms with van der Waals surface area (Å²) in [6.07, 6.45) is 1.92. The van der Waals surface area contributed by atoms with Crippen LogP contribution in [0.25, 0.3) is 6.08 Å². The van der Waals surface area contributed by atoms with Crippen molar-refractivity contribution in [3.8, 4) is 0 Å². The zero-order valence-corrected chi connectivity index (χ0v) is 12.1. The van der Waals surface area contributed by atoms with Crippen molar-refractivity contribution in [2.75, 3.05) is 39.4 Å². The third-order valence-corrected chi connectivity index (χ3v) is 3.74. The number of aliphatic imine (C=N–C) groups is 1. The first-order chi connectivity index (χ1) is 10.3. The highest BCUT2D eigenvalue weighted by Gasteiger charge is 2.21. The maximum atomic E-state index is 5.73. The average Bonchev–Trinajstić information content (AvgIpc) is 2.56. The fourth-order valence-corrected chi connectivity index (χ4v) is 2.53. The van der Waals surface area contributed by atoms with Gasteiger partial charge in [0.2, 0.25) is 0 Å². The van der Waals surface area contributed by atoms with Crippen molar-refractivity contribution in [1.29, 1.82) is 0 Å². The van der Waals surface area contributed by atoms with E-state index < -0.39 is 0 Å². The van der Waals surface area contributed by atoms with Gasteiger partial charge < -0.3 is 4.74 Å². The van der Waals surface area contributed by atoms with Crippen LogP contribution in [0.4, 0.5) is 0 Å². The van der Waals surface area contributed by atoms with Gasteiger partial charge in [-0.2, -0.15) is 0 Å². The molecule has 1 saturated heterocycles. The first kappa shape index (κ1) is 14.3. The summed E-state index contributed by atoms with van der Waals surface area (Å²) >= 11 is 0. The number of hydrogen-bond donors (Lipinski definition) is 1. The second-order valence-electron chi connectivity index (χ2n) is 5.27. The molecule has 1 atom stereocenters. The standard InChI is InChI=1S/C16H21N3O2/c1-2-13-4-3-5-14(10-13)16-17-11-15(21-18-16)12-19-6-8-20-9-7-19/h2-5,10,15H,1,6-9,11-12H2,(H,17,18). The molecular formula is C16H21N3O2. The third kappa shape index (κ3) is 3.69. The highest BCUT2D eigenvalue weighted by atomic mass is 16.7. The summed E-state index contributed by atoms with van der Waals surface area (Å²) in [7, 11) is 0. The Morgan fingerprint density at radius 2 is 2.24 bits per heavy atom. The van der Waals surface area contributed by atoms with Crippen LogP contribution < -0.4 is 5.48 Å². The number of ether oxygens (including phenoxy) is 1. The molecule has 0 aliphatic carbocycles. The van der Waals surface area contributed by atoms with Crippen molar-refractivity contribution < 1.29 is 9.57 Å². The van der Waals surface area contributed by atoms with Crippen molar-refractivity contribution in [2.45, 2.75) is 6.10 Å².